The number of aliphatic hydroxyl groups is 1. The highest BCUT2D eigenvalue weighted by molar-refractivity contribution is 5.66. The Labute approximate surface area is 168 Å². The zero-order chi connectivity index (χ0) is 19.6. The Hall–Kier alpha value is -1.52. The van der Waals surface area contributed by atoms with Gasteiger partial charge in [-0.3, -0.25) is 0 Å². The first-order valence-corrected chi connectivity index (χ1v) is 10.9. The maximum atomic E-state index is 9.23. The third-order valence-electron chi connectivity index (χ3n) is 6.84. The lowest BCUT2D eigenvalue weighted by atomic mass is 9.52. The van der Waals surface area contributed by atoms with Crippen molar-refractivity contribution < 1.29 is 19.3 Å². The Bertz CT molecular complexity index is 692. The molecule has 4 saturated carbocycles. The molecule has 4 aliphatic rings. The first kappa shape index (κ1) is 19.8. The van der Waals surface area contributed by atoms with Crippen molar-refractivity contribution in [3.05, 3.63) is 35.4 Å². The summed E-state index contributed by atoms with van der Waals surface area (Å²) in [5, 5.41) is 9.23. The first-order valence-electron chi connectivity index (χ1n) is 10.9. The Kier molecular flexibility index (Phi) is 5.98. The normalized spacial score (nSPS) is 30.5. The maximum absolute atomic E-state index is 9.23. The molecule has 4 nitrogen and oxygen atoms in total. The van der Waals surface area contributed by atoms with Crippen molar-refractivity contribution >= 4 is 5.76 Å². The van der Waals surface area contributed by atoms with Gasteiger partial charge in [-0.2, -0.15) is 0 Å². The number of unbranched alkanes of at least 4 members (excludes halogenated alkanes) is 1. The quantitative estimate of drug-likeness (QED) is 0.489. The summed E-state index contributed by atoms with van der Waals surface area (Å²) in [6, 6.07) is 8.37. The Morgan fingerprint density at radius 2 is 1.93 bits per heavy atom. The molecule has 0 aromatic heterocycles. The molecule has 0 amide bonds. The summed E-state index contributed by atoms with van der Waals surface area (Å²) in [6.45, 7) is 3.51. The minimum atomic E-state index is -0.0211. The molecule has 154 valence electrons. The number of hydrogen-bond acceptors (Lipinski definition) is 4. The molecule has 4 heteroatoms. The summed E-state index contributed by atoms with van der Waals surface area (Å²) in [5.41, 5.74) is 2.60. The molecule has 4 aliphatic carbocycles. The molecule has 1 N–H and O–H groups in total. The topological polar surface area (TPSA) is 47.9 Å². The highest BCUT2D eigenvalue weighted by Crippen LogP contribution is 2.60. The number of ether oxygens (including phenoxy) is 3. The molecule has 0 heterocycles. The summed E-state index contributed by atoms with van der Waals surface area (Å²) in [7, 11) is 1.80. The predicted octanol–water partition coefficient (Wildman–Crippen LogP) is 4.81. The van der Waals surface area contributed by atoms with E-state index in [2.05, 4.69) is 25.1 Å². The number of aliphatic hydroxyl groups excluding tert-OH is 1. The fraction of sp³-hybridized carbons (Fsp3) is 0.667. The van der Waals surface area contributed by atoms with Crippen LogP contribution < -0.4 is 4.74 Å². The number of methoxy groups -OCH3 is 1. The van der Waals surface area contributed by atoms with Gasteiger partial charge in [-0.25, -0.2) is 0 Å². The van der Waals surface area contributed by atoms with Gasteiger partial charge in [0.2, 0.25) is 0 Å². The predicted molar refractivity (Wildman–Crippen MR) is 110 cm³/mol. The van der Waals surface area contributed by atoms with E-state index in [1.165, 1.54) is 18.4 Å². The Morgan fingerprint density at radius 1 is 1.14 bits per heavy atom. The van der Waals surface area contributed by atoms with E-state index in [0.717, 1.165) is 61.7 Å². The van der Waals surface area contributed by atoms with E-state index in [4.69, 9.17) is 14.2 Å². The lowest BCUT2D eigenvalue weighted by Crippen LogP contribution is -2.53. The van der Waals surface area contributed by atoms with Crippen LogP contribution in [0.5, 0.6) is 5.75 Å². The van der Waals surface area contributed by atoms with E-state index in [-0.39, 0.29) is 12.2 Å². The van der Waals surface area contributed by atoms with Gasteiger partial charge < -0.3 is 19.3 Å². The Balaban J connectivity index is 1.60. The standard InChI is InChI=1S/C24H34O4/c1-3-4-9-27-21-7-5-6-18(13-21)23(26-2)22-19-11-17-12-20(22)16-24(14-17,15-19)28-10-8-25/h5-7,13,17,19-20,25H,3-4,8-12,14-16H2,1-2H3. The van der Waals surface area contributed by atoms with Crippen LogP contribution in [0.25, 0.3) is 5.76 Å². The fourth-order valence-electron chi connectivity index (χ4n) is 5.99. The first-order chi connectivity index (χ1) is 13.7. The van der Waals surface area contributed by atoms with Gasteiger partial charge in [-0.15, -0.1) is 0 Å². The van der Waals surface area contributed by atoms with Crippen molar-refractivity contribution in [2.24, 2.45) is 17.8 Å². The van der Waals surface area contributed by atoms with Crippen LogP contribution in [0.4, 0.5) is 0 Å². The summed E-state index contributed by atoms with van der Waals surface area (Å²) < 4.78 is 18.1. The van der Waals surface area contributed by atoms with Gasteiger partial charge in [0.25, 0.3) is 0 Å². The number of hydrogen-bond donors (Lipinski definition) is 1. The van der Waals surface area contributed by atoms with Gasteiger partial charge in [0.1, 0.15) is 11.5 Å². The molecule has 0 aliphatic heterocycles. The van der Waals surface area contributed by atoms with Crippen LogP contribution in [-0.2, 0) is 9.47 Å². The van der Waals surface area contributed by atoms with Crippen LogP contribution in [-0.4, -0.2) is 37.6 Å². The molecule has 0 saturated heterocycles. The molecule has 0 radical (unpaired) electrons. The van der Waals surface area contributed by atoms with Crippen molar-refractivity contribution in [3.8, 4) is 5.75 Å². The van der Waals surface area contributed by atoms with E-state index in [0.29, 0.717) is 18.4 Å². The summed E-state index contributed by atoms with van der Waals surface area (Å²) in [6.07, 6.45) is 7.99. The lowest BCUT2D eigenvalue weighted by molar-refractivity contribution is -0.149. The van der Waals surface area contributed by atoms with Gasteiger partial charge in [-0.1, -0.05) is 25.5 Å². The third-order valence-corrected chi connectivity index (χ3v) is 6.84. The maximum Gasteiger partial charge on any atom is 0.125 e. The SMILES string of the molecule is CCCCOc1cccc(C(OC)=C2C3CC4CC2CC(OCCO)(C4)C3)c1. The van der Waals surface area contributed by atoms with Crippen LogP contribution in [0.15, 0.2) is 29.8 Å². The highest BCUT2D eigenvalue weighted by atomic mass is 16.5. The van der Waals surface area contributed by atoms with E-state index < -0.39 is 0 Å². The van der Waals surface area contributed by atoms with Gasteiger partial charge in [-0.05, 0) is 74.0 Å². The molecule has 28 heavy (non-hydrogen) atoms. The van der Waals surface area contributed by atoms with E-state index >= 15 is 0 Å². The zero-order valence-corrected chi connectivity index (χ0v) is 17.3. The Morgan fingerprint density at radius 3 is 2.61 bits per heavy atom. The summed E-state index contributed by atoms with van der Waals surface area (Å²) >= 11 is 0. The van der Waals surface area contributed by atoms with Crippen molar-refractivity contribution in [2.45, 2.75) is 57.5 Å². The van der Waals surface area contributed by atoms with E-state index in [9.17, 15) is 5.11 Å². The molecule has 2 atom stereocenters. The van der Waals surface area contributed by atoms with Crippen molar-refractivity contribution in [1.29, 1.82) is 0 Å². The molecular weight excluding hydrogens is 352 g/mol. The zero-order valence-electron chi connectivity index (χ0n) is 17.3. The van der Waals surface area contributed by atoms with Crippen molar-refractivity contribution in [1.82, 2.24) is 0 Å². The number of allylic oxidation sites excluding steroid dienone is 1. The second-order valence-electron chi connectivity index (χ2n) is 8.82. The highest BCUT2D eigenvalue weighted by Gasteiger charge is 2.54. The molecule has 2 unspecified atom stereocenters. The number of rotatable bonds is 9. The van der Waals surface area contributed by atoms with Gasteiger partial charge in [0, 0.05) is 5.56 Å². The molecule has 4 fully saturated rings. The van der Waals surface area contributed by atoms with Crippen LogP contribution in [0.1, 0.15) is 57.4 Å². The van der Waals surface area contributed by atoms with Crippen molar-refractivity contribution in [2.75, 3.05) is 26.9 Å². The molecule has 0 spiro atoms. The second kappa shape index (κ2) is 8.46. The summed E-state index contributed by atoms with van der Waals surface area (Å²) in [4.78, 5) is 0. The largest absolute Gasteiger partial charge is 0.496 e. The molecular formula is C24H34O4. The summed E-state index contributed by atoms with van der Waals surface area (Å²) in [5.74, 6) is 3.79. The van der Waals surface area contributed by atoms with Gasteiger partial charge in [0.15, 0.2) is 0 Å². The average Bonchev–Trinajstić information content (AvgIpc) is 2.69. The van der Waals surface area contributed by atoms with Gasteiger partial charge >= 0.3 is 0 Å². The van der Waals surface area contributed by atoms with Crippen LogP contribution in [0.3, 0.4) is 0 Å². The molecule has 5 rings (SSSR count). The lowest BCUT2D eigenvalue weighted by Gasteiger charge is -2.57. The number of benzene rings is 1. The molecule has 1 aromatic rings. The minimum Gasteiger partial charge on any atom is -0.496 e. The average molecular weight is 387 g/mol. The van der Waals surface area contributed by atoms with E-state index in [1.54, 1.807) is 7.11 Å². The van der Waals surface area contributed by atoms with Crippen LogP contribution in [0.2, 0.25) is 0 Å². The van der Waals surface area contributed by atoms with Crippen LogP contribution in [0, 0.1) is 17.8 Å². The van der Waals surface area contributed by atoms with Crippen LogP contribution >= 0.6 is 0 Å². The smallest absolute Gasteiger partial charge is 0.125 e. The second-order valence-corrected chi connectivity index (χ2v) is 8.82. The fourth-order valence-corrected chi connectivity index (χ4v) is 5.99. The van der Waals surface area contributed by atoms with E-state index in [1.807, 2.05) is 6.07 Å². The van der Waals surface area contributed by atoms with Gasteiger partial charge in [0.05, 0.1) is 32.5 Å². The monoisotopic (exact) mass is 386 g/mol. The van der Waals surface area contributed by atoms with Crippen molar-refractivity contribution in [3.63, 3.8) is 0 Å². The minimum absolute atomic E-state index is 0.0211. The molecule has 4 bridgehead atoms. The third kappa shape index (κ3) is 3.81. The molecule has 1 aromatic carbocycles.